The minimum atomic E-state index is -0.645. The van der Waals surface area contributed by atoms with Crippen LogP contribution >= 0.6 is 0 Å². The van der Waals surface area contributed by atoms with Crippen molar-refractivity contribution < 1.29 is 24.0 Å². The SMILES string of the molecule is CCOC(=O)c1cc(C(=O)Nc2cc(Oc3ccccc3C)cc([N+](=O)[O-])c2)nn1C. The Labute approximate surface area is 177 Å². The molecular weight excluding hydrogens is 404 g/mol. The summed E-state index contributed by atoms with van der Waals surface area (Å²) in [5, 5.41) is 17.9. The number of benzene rings is 2. The summed E-state index contributed by atoms with van der Waals surface area (Å²) < 4.78 is 11.9. The summed E-state index contributed by atoms with van der Waals surface area (Å²) in [5.74, 6) is -0.537. The van der Waals surface area contributed by atoms with Crippen LogP contribution in [0.15, 0.2) is 48.5 Å². The second-order valence-electron chi connectivity index (χ2n) is 6.55. The Bertz CT molecular complexity index is 1150. The molecule has 3 rings (SSSR count). The van der Waals surface area contributed by atoms with Gasteiger partial charge in [-0.25, -0.2) is 4.79 Å². The molecule has 0 aliphatic rings. The largest absolute Gasteiger partial charge is 0.461 e. The van der Waals surface area contributed by atoms with E-state index in [1.54, 1.807) is 19.1 Å². The van der Waals surface area contributed by atoms with Crippen molar-refractivity contribution in [1.82, 2.24) is 9.78 Å². The maximum atomic E-state index is 12.6. The normalized spacial score (nSPS) is 10.4. The molecule has 2 aromatic carbocycles. The van der Waals surface area contributed by atoms with Crippen molar-refractivity contribution in [2.45, 2.75) is 13.8 Å². The number of hydrogen-bond donors (Lipinski definition) is 1. The third-order valence-electron chi connectivity index (χ3n) is 4.28. The minimum Gasteiger partial charge on any atom is -0.461 e. The van der Waals surface area contributed by atoms with Crippen LogP contribution in [0.2, 0.25) is 0 Å². The van der Waals surface area contributed by atoms with Crippen LogP contribution in [0.5, 0.6) is 11.5 Å². The van der Waals surface area contributed by atoms with Gasteiger partial charge in [0.05, 0.1) is 23.3 Å². The highest BCUT2D eigenvalue weighted by atomic mass is 16.6. The number of carbonyl (C=O) groups excluding carboxylic acids is 2. The number of amides is 1. The molecule has 31 heavy (non-hydrogen) atoms. The third kappa shape index (κ3) is 5.04. The van der Waals surface area contributed by atoms with Crippen LogP contribution in [0.4, 0.5) is 11.4 Å². The molecule has 10 nitrogen and oxygen atoms in total. The molecule has 0 bridgehead atoms. The molecule has 1 heterocycles. The van der Waals surface area contributed by atoms with Gasteiger partial charge >= 0.3 is 5.97 Å². The lowest BCUT2D eigenvalue weighted by Gasteiger charge is -2.10. The maximum absolute atomic E-state index is 12.6. The van der Waals surface area contributed by atoms with E-state index >= 15 is 0 Å². The lowest BCUT2D eigenvalue weighted by Crippen LogP contribution is -2.13. The number of aryl methyl sites for hydroxylation is 2. The number of esters is 1. The molecule has 0 aliphatic heterocycles. The number of carbonyl (C=O) groups is 2. The van der Waals surface area contributed by atoms with E-state index in [0.29, 0.717) is 5.75 Å². The van der Waals surface area contributed by atoms with Crippen molar-refractivity contribution in [3.63, 3.8) is 0 Å². The quantitative estimate of drug-likeness (QED) is 0.347. The summed E-state index contributed by atoms with van der Waals surface area (Å²) in [7, 11) is 1.50. The van der Waals surface area contributed by atoms with Crippen LogP contribution in [-0.4, -0.2) is 33.2 Å². The molecule has 160 valence electrons. The number of nitro groups is 1. The van der Waals surface area contributed by atoms with Crippen molar-refractivity contribution in [1.29, 1.82) is 0 Å². The molecule has 1 aromatic heterocycles. The van der Waals surface area contributed by atoms with E-state index in [4.69, 9.17) is 9.47 Å². The Kier molecular flexibility index (Phi) is 6.29. The lowest BCUT2D eigenvalue weighted by atomic mass is 10.2. The lowest BCUT2D eigenvalue weighted by molar-refractivity contribution is -0.384. The van der Waals surface area contributed by atoms with Gasteiger partial charge < -0.3 is 14.8 Å². The second-order valence-corrected chi connectivity index (χ2v) is 6.55. The van der Waals surface area contributed by atoms with Gasteiger partial charge in [0, 0.05) is 25.2 Å². The minimum absolute atomic E-state index is 0.0431. The Morgan fingerprint density at radius 3 is 2.61 bits per heavy atom. The van der Waals surface area contributed by atoms with Gasteiger partial charge in [-0.15, -0.1) is 0 Å². The number of anilines is 1. The first-order valence-electron chi connectivity index (χ1n) is 9.34. The van der Waals surface area contributed by atoms with E-state index in [-0.39, 0.29) is 35.1 Å². The van der Waals surface area contributed by atoms with Crippen LogP contribution in [-0.2, 0) is 11.8 Å². The predicted molar refractivity (Wildman–Crippen MR) is 111 cm³/mol. The molecule has 0 fully saturated rings. The summed E-state index contributed by atoms with van der Waals surface area (Å²) in [4.78, 5) is 35.3. The molecule has 0 aliphatic carbocycles. The Morgan fingerprint density at radius 1 is 1.19 bits per heavy atom. The number of nitrogens with one attached hydrogen (secondary N) is 1. The molecule has 10 heteroatoms. The molecule has 0 saturated carbocycles. The van der Waals surface area contributed by atoms with Gasteiger partial charge in [0.15, 0.2) is 5.69 Å². The first-order chi connectivity index (χ1) is 14.8. The van der Waals surface area contributed by atoms with Crippen molar-refractivity contribution >= 4 is 23.3 Å². The van der Waals surface area contributed by atoms with E-state index in [0.717, 1.165) is 5.56 Å². The van der Waals surface area contributed by atoms with Gasteiger partial charge in [-0.05, 0) is 25.5 Å². The third-order valence-corrected chi connectivity index (χ3v) is 4.28. The molecule has 1 amide bonds. The summed E-state index contributed by atoms with van der Waals surface area (Å²) in [6, 6.07) is 12.4. The first kappa shape index (κ1) is 21.5. The van der Waals surface area contributed by atoms with Crippen molar-refractivity contribution in [2.24, 2.45) is 7.05 Å². The predicted octanol–water partition coefficient (Wildman–Crippen LogP) is 3.86. The van der Waals surface area contributed by atoms with Crippen molar-refractivity contribution in [2.75, 3.05) is 11.9 Å². The molecule has 3 aromatic rings. The van der Waals surface area contributed by atoms with Gasteiger partial charge in [-0.2, -0.15) is 5.10 Å². The average molecular weight is 424 g/mol. The monoisotopic (exact) mass is 424 g/mol. The smallest absolute Gasteiger partial charge is 0.356 e. The Balaban J connectivity index is 1.87. The van der Waals surface area contributed by atoms with Gasteiger partial charge in [0.2, 0.25) is 0 Å². The Hall–Kier alpha value is -4.21. The molecule has 0 saturated heterocycles. The van der Waals surface area contributed by atoms with Crippen molar-refractivity contribution in [3.05, 3.63) is 75.6 Å². The van der Waals surface area contributed by atoms with Gasteiger partial charge in [-0.1, -0.05) is 18.2 Å². The fourth-order valence-electron chi connectivity index (χ4n) is 2.79. The highest BCUT2D eigenvalue weighted by Gasteiger charge is 2.20. The zero-order valence-corrected chi connectivity index (χ0v) is 17.1. The van der Waals surface area contributed by atoms with E-state index in [9.17, 15) is 19.7 Å². The van der Waals surface area contributed by atoms with Crippen molar-refractivity contribution in [3.8, 4) is 11.5 Å². The van der Waals surface area contributed by atoms with Crippen LogP contribution in [0, 0.1) is 17.0 Å². The number of non-ortho nitro benzene ring substituents is 1. The highest BCUT2D eigenvalue weighted by molar-refractivity contribution is 6.04. The average Bonchev–Trinajstić information content (AvgIpc) is 3.12. The molecule has 0 radical (unpaired) electrons. The standard InChI is InChI=1S/C21H20N4O6/c1-4-30-21(27)18-12-17(23-24(18)3)20(26)22-14-9-15(25(28)29)11-16(10-14)31-19-8-6-5-7-13(19)2/h5-12H,4H2,1-3H3,(H,22,26). The fourth-order valence-corrected chi connectivity index (χ4v) is 2.79. The number of para-hydroxylation sites is 1. The fraction of sp³-hybridized carbons (Fsp3) is 0.190. The molecular formula is C21H20N4O6. The van der Waals surface area contributed by atoms with Gasteiger partial charge in [-0.3, -0.25) is 19.6 Å². The zero-order valence-electron chi connectivity index (χ0n) is 17.1. The topological polar surface area (TPSA) is 126 Å². The van der Waals surface area contributed by atoms with Crippen LogP contribution < -0.4 is 10.1 Å². The summed E-state index contributed by atoms with van der Waals surface area (Å²) in [5.41, 5.74) is 0.799. The maximum Gasteiger partial charge on any atom is 0.356 e. The summed E-state index contributed by atoms with van der Waals surface area (Å²) in [6.45, 7) is 3.70. The number of ether oxygens (including phenoxy) is 2. The first-order valence-corrected chi connectivity index (χ1v) is 9.34. The van der Waals surface area contributed by atoms with Crippen LogP contribution in [0.3, 0.4) is 0 Å². The van der Waals surface area contributed by atoms with Gasteiger partial charge in [0.25, 0.3) is 11.6 Å². The number of nitrogens with zero attached hydrogens (tertiary/aromatic N) is 3. The molecule has 0 atom stereocenters. The van der Waals surface area contributed by atoms with Crippen LogP contribution in [0.25, 0.3) is 0 Å². The molecule has 0 unspecified atom stereocenters. The zero-order chi connectivity index (χ0) is 22.5. The van der Waals surface area contributed by atoms with E-state index < -0.39 is 16.8 Å². The molecule has 1 N–H and O–H groups in total. The summed E-state index contributed by atoms with van der Waals surface area (Å²) in [6.07, 6.45) is 0. The highest BCUT2D eigenvalue weighted by Crippen LogP contribution is 2.31. The number of hydrogen-bond acceptors (Lipinski definition) is 7. The number of nitro benzene ring substituents is 1. The summed E-state index contributed by atoms with van der Waals surface area (Å²) >= 11 is 0. The van der Waals surface area contributed by atoms with E-state index in [1.165, 1.54) is 36.0 Å². The van der Waals surface area contributed by atoms with Crippen LogP contribution in [0.1, 0.15) is 33.5 Å². The van der Waals surface area contributed by atoms with E-state index in [2.05, 4.69) is 10.4 Å². The second kappa shape index (κ2) is 9.08. The Morgan fingerprint density at radius 2 is 1.94 bits per heavy atom. The van der Waals surface area contributed by atoms with Gasteiger partial charge in [0.1, 0.15) is 17.2 Å². The van der Waals surface area contributed by atoms with E-state index in [1.807, 2.05) is 19.1 Å². The molecule has 0 spiro atoms. The number of rotatable bonds is 7. The number of aromatic nitrogens is 2.